The maximum Gasteiger partial charge on any atom is 0.221 e. The van der Waals surface area contributed by atoms with Gasteiger partial charge < -0.3 is 24.8 Å². The van der Waals surface area contributed by atoms with Gasteiger partial charge in [0.05, 0.1) is 18.8 Å². The molecule has 0 aromatic heterocycles. The fourth-order valence-electron chi connectivity index (χ4n) is 3.86. The van der Waals surface area contributed by atoms with Gasteiger partial charge in [-0.05, 0) is 30.3 Å². The van der Waals surface area contributed by atoms with E-state index in [1.165, 1.54) is 6.92 Å². The van der Waals surface area contributed by atoms with Crippen LogP contribution in [0, 0.1) is 5.92 Å². The van der Waals surface area contributed by atoms with E-state index in [4.69, 9.17) is 9.47 Å². The summed E-state index contributed by atoms with van der Waals surface area (Å²) >= 11 is 0. The minimum absolute atomic E-state index is 0.0166. The van der Waals surface area contributed by atoms with E-state index in [1.807, 2.05) is 54.6 Å². The molecule has 1 aliphatic rings. The Morgan fingerprint density at radius 2 is 1.77 bits per heavy atom. The SMILES string of the molecule is C=CCN(C)C[C@H]1O[C@@H](c2ccc(NC(C)=O)cc2)O[C@@H](c2ccc(CO)cc2)[C@H]1C. The first-order valence-electron chi connectivity index (χ1n) is 10.6. The summed E-state index contributed by atoms with van der Waals surface area (Å²) in [5.41, 5.74) is 3.56. The number of amides is 1. The van der Waals surface area contributed by atoms with Gasteiger partial charge in [0.1, 0.15) is 0 Å². The van der Waals surface area contributed by atoms with E-state index in [-0.39, 0.29) is 30.6 Å². The van der Waals surface area contributed by atoms with Crippen molar-refractivity contribution in [2.24, 2.45) is 5.92 Å². The van der Waals surface area contributed by atoms with E-state index in [0.717, 1.165) is 35.5 Å². The van der Waals surface area contributed by atoms with Crippen molar-refractivity contribution in [3.63, 3.8) is 0 Å². The quantitative estimate of drug-likeness (QED) is 0.626. The molecule has 0 radical (unpaired) electrons. The number of nitrogens with one attached hydrogen (secondary N) is 1. The third kappa shape index (κ3) is 6.02. The van der Waals surface area contributed by atoms with Gasteiger partial charge in [0.2, 0.25) is 5.91 Å². The smallest absolute Gasteiger partial charge is 0.221 e. The highest BCUT2D eigenvalue weighted by Gasteiger charge is 2.38. The molecule has 2 N–H and O–H groups in total. The van der Waals surface area contributed by atoms with Crippen LogP contribution in [-0.4, -0.2) is 42.2 Å². The average molecular weight is 425 g/mol. The molecule has 1 saturated heterocycles. The Bertz CT molecular complexity index is 866. The van der Waals surface area contributed by atoms with Crippen LogP contribution in [0.1, 0.15) is 42.9 Å². The number of rotatable bonds is 8. The van der Waals surface area contributed by atoms with Crippen molar-refractivity contribution < 1.29 is 19.4 Å². The van der Waals surface area contributed by atoms with Crippen molar-refractivity contribution in [3.8, 4) is 0 Å². The molecule has 0 unspecified atom stereocenters. The first-order chi connectivity index (χ1) is 14.9. The number of benzene rings is 2. The molecule has 1 amide bonds. The van der Waals surface area contributed by atoms with Gasteiger partial charge in [0.25, 0.3) is 0 Å². The Labute approximate surface area is 184 Å². The van der Waals surface area contributed by atoms with Crippen LogP contribution in [0.15, 0.2) is 61.2 Å². The molecule has 31 heavy (non-hydrogen) atoms. The van der Waals surface area contributed by atoms with Gasteiger partial charge in [0.15, 0.2) is 6.29 Å². The van der Waals surface area contributed by atoms with E-state index in [0.29, 0.717) is 0 Å². The van der Waals surface area contributed by atoms with E-state index in [2.05, 4.69) is 30.8 Å². The van der Waals surface area contributed by atoms with Gasteiger partial charge in [-0.3, -0.25) is 4.79 Å². The lowest BCUT2D eigenvalue weighted by Gasteiger charge is -2.42. The van der Waals surface area contributed by atoms with Crippen LogP contribution in [0.2, 0.25) is 0 Å². The van der Waals surface area contributed by atoms with E-state index in [1.54, 1.807) is 0 Å². The number of aliphatic hydroxyl groups excluding tert-OH is 1. The molecule has 1 aliphatic heterocycles. The van der Waals surface area contributed by atoms with Crippen molar-refractivity contribution >= 4 is 11.6 Å². The first kappa shape index (κ1) is 23.2. The van der Waals surface area contributed by atoms with Crippen molar-refractivity contribution in [1.29, 1.82) is 0 Å². The first-order valence-corrected chi connectivity index (χ1v) is 10.6. The summed E-state index contributed by atoms with van der Waals surface area (Å²) in [6.07, 6.45) is 1.17. The Balaban J connectivity index is 1.85. The number of likely N-dealkylation sites (N-methyl/N-ethyl adjacent to an activating group) is 1. The van der Waals surface area contributed by atoms with Crippen LogP contribution in [-0.2, 0) is 20.9 Å². The second kappa shape index (κ2) is 10.7. The lowest BCUT2D eigenvalue weighted by atomic mass is 9.90. The Hall–Kier alpha value is -2.51. The summed E-state index contributed by atoms with van der Waals surface area (Å²) < 4.78 is 12.8. The van der Waals surface area contributed by atoms with E-state index >= 15 is 0 Å². The molecule has 6 nitrogen and oxygen atoms in total. The molecule has 6 heteroatoms. The summed E-state index contributed by atoms with van der Waals surface area (Å²) in [7, 11) is 2.05. The zero-order chi connectivity index (χ0) is 22.4. The van der Waals surface area contributed by atoms with Crippen molar-refractivity contribution in [2.75, 3.05) is 25.5 Å². The van der Waals surface area contributed by atoms with Crippen molar-refractivity contribution in [2.45, 2.75) is 39.0 Å². The van der Waals surface area contributed by atoms with Gasteiger partial charge in [0, 0.05) is 37.2 Å². The summed E-state index contributed by atoms with van der Waals surface area (Å²) in [6.45, 7) is 9.00. The predicted octanol–water partition coefficient (Wildman–Crippen LogP) is 4.05. The van der Waals surface area contributed by atoms with Crippen molar-refractivity contribution in [3.05, 3.63) is 77.9 Å². The van der Waals surface area contributed by atoms with Crippen LogP contribution in [0.3, 0.4) is 0 Å². The number of aliphatic hydroxyl groups is 1. The van der Waals surface area contributed by atoms with Crippen LogP contribution in [0.5, 0.6) is 0 Å². The summed E-state index contributed by atoms with van der Waals surface area (Å²) in [5, 5.41) is 12.1. The fraction of sp³-hybridized carbons (Fsp3) is 0.400. The van der Waals surface area contributed by atoms with Crippen LogP contribution in [0.4, 0.5) is 5.69 Å². The zero-order valence-corrected chi connectivity index (χ0v) is 18.5. The average Bonchev–Trinajstić information content (AvgIpc) is 2.75. The fourth-order valence-corrected chi connectivity index (χ4v) is 3.86. The number of nitrogens with zero attached hydrogens (tertiary/aromatic N) is 1. The molecule has 4 atom stereocenters. The maximum atomic E-state index is 11.3. The van der Waals surface area contributed by atoms with E-state index in [9.17, 15) is 9.90 Å². The van der Waals surface area contributed by atoms with Crippen LogP contribution < -0.4 is 5.32 Å². The van der Waals surface area contributed by atoms with Crippen LogP contribution in [0.25, 0.3) is 0 Å². The number of hydrogen-bond donors (Lipinski definition) is 2. The molecule has 0 spiro atoms. The highest BCUT2D eigenvalue weighted by Crippen LogP contribution is 2.41. The summed E-state index contributed by atoms with van der Waals surface area (Å²) in [4.78, 5) is 13.5. The Kier molecular flexibility index (Phi) is 7.98. The van der Waals surface area contributed by atoms with E-state index < -0.39 is 6.29 Å². The van der Waals surface area contributed by atoms with Gasteiger partial charge in [-0.2, -0.15) is 0 Å². The second-order valence-electron chi connectivity index (χ2n) is 8.14. The highest BCUT2D eigenvalue weighted by atomic mass is 16.7. The predicted molar refractivity (Wildman–Crippen MR) is 121 cm³/mol. The molecule has 0 aliphatic carbocycles. The lowest BCUT2D eigenvalue weighted by molar-refractivity contribution is -0.275. The Morgan fingerprint density at radius 3 is 2.35 bits per heavy atom. The molecular weight excluding hydrogens is 392 g/mol. The van der Waals surface area contributed by atoms with Gasteiger partial charge in [-0.1, -0.05) is 49.4 Å². The molecule has 3 rings (SSSR count). The molecule has 0 bridgehead atoms. The largest absolute Gasteiger partial charge is 0.392 e. The topological polar surface area (TPSA) is 71.0 Å². The Morgan fingerprint density at radius 1 is 1.13 bits per heavy atom. The summed E-state index contributed by atoms with van der Waals surface area (Å²) in [6, 6.07) is 15.4. The molecule has 1 heterocycles. The number of hydrogen-bond acceptors (Lipinski definition) is 5. The zero-order valence-electron chi connectivity index (χ0n) is 18.5. The van der Waals surface area contributed by atoms with Gasteiger partial charge in [-0.15, -0.1) is 6.58 Å². The van der Waals surface area contributed by atoms with Gasteiger partial charge >= 0.3 is 0 Å². The number of carbonyl (C=O) groups is 1. The molecule has 1 fully saturated rings. The molecule has 2 aromatic rings. The second-order valence-corrected chi connectivity index (χ2v) is 8.14. The minimum atomic E-state index is -0.521. The van der Waals surface area contributed by atoms with Gasteiger partial charge in [-0.25, -0.2) is 0 Å². The minimum Gasteiger partial charge on any atom is -0.392 e. The lowest BCUT2D eigenvalue weighted by Crippen LogP contribution is -2.43. The third-order valence-electron chi connectivity index (χ3n) is 5.56. The number of anilines is 1. The van der Waals surface area contributed by atoms with Crippen LogP contribution >= 0.6 is 0 Å². The number of carbonyl (C=O) groups excluding carboxylic acids is 1. The molecule has 166 valence electrons. The molecular formula is C25H32N2O4. The normalized spacial score (nSPS) is 23.5. The number of ether oxygens (including phenoxy) is 2. The summed E-state index contributed by atoms with van der Waals surface area (Å²) in [5.74, 6) is 0.0191. The highest BCUT2D eigenvalue weighted by molar-refractivity contribution is 5.88. The molecule has 2 aromatic carbocycles. The third-order valence-corrected chi connectivity index (χ3v) is 5.56. The maximum absolute atomic E-state index is 11.3. The van der Waals surface area contributed by atoms with Crippen molar-refractivity contribution in [1.82, 2.24) is 4.90 Å². The monoisotopic (exact) mass is 424 g/mol. The molecule has 0 saturated carbocycles. The standard InChI is InChI=1S/C25H32N2O4/c1-5-14-27(4)15-23-17(2)24(20-8-6-19(16-28)7-9-20)31-25(30-23)21-10-12-22(13-11-21)26-18(3)29/h5-13,17,23-25,28H,1,14-16H2,2-4H3,(H,26,29)/t17-,23+,24+,25+/m0/s1.